The fourth-order valence-electron chi connectivity index (χ4n) is 0.988. The Morgan fingerprint density at radius 2 is 1.75 bits per heavy atom. The second-order valence-corrected chi connectivity index (χ2v) is 3.29. The third kappa shape index (κ3) is 3.72. The van der Waals surface area contributed by atoms with Crippen molar-refractivity contribution < 1.29 is 9.53 Å². The van der Waals surface area contributed by atoms with Crippen LogP contribution in [0.2, 0.25) is 0 Å². The minimum atomic E-state index is -0.0857. The van der Waals surface area contributed by atoms with Crippen LogP contribution in [0.3, 0.4) is 0 Å². The first kappa shape index (κ1) is 11.4. The van der Waals surface area contributed by atoms with Crippen LogP contribution in [0, 0.1) is 5.92 Å². The van der Waals surface area contributed by atoms with E-state index >= 15 is 0 Å². The van der Waals surface area contributed by atoms with Crippen molar-refractivity contribution >= 4 is 5.91 Å². The standard InChI is InChI=1S/C9H19NO2/c1-6(2)12-8(4)7(3)9(11)10-5/h6-8H,1-5H3,(H,10,11)/t7-,8+/m0/s1. The van der Waals surface area contributed by atoms with E-state index in [0.717, 1.165) is 0 Å². The molecule has 72 valence electrons. The fourth-order valence-corrected chi connectivity index (χ4v) is 0.988. The zero-order valence-electron chi connectivity index (χ0n) is 8.55. The van der Waals surface area contributed by atoms with Gasteiger partial charge in [-0.2, -0.15) is 0 Å². The highest BCUT2D eigenvalue weighted by molar-refractivity contribution is 5.78. The Morgan fingerprint density at radius 1 is 1.25 bits per heavy atom. The molecule has 0 aromatic carbocycles. The molecule has 0 spiro atoms. The number of ether oxygens (including phenoxy) is 1. The Bertz CT molecular complexity index is 145. The first-order valence-electron chi connectivity index (χ1n) is 4.36. The molecule has 0 aliphatic heterocycles. The van der Waals surface area contributed by atoms with Gasteiger partial charge in [0.25, 0.3) is 0 Å². The molecule has 0 saturated heterocycles. The van der Waals surface area contributed by atoms with E-state index in [9.17, 15) is 4.79 Å². The van der Waals surface area contributed by atoms with E-state index in [0.29, 0.717) is 0 Å². The predicted octanol–water partition coefficient (Wildman–Crippen LogP) is 1.18. The first-order valence-corrected chi connectivity index (χ1v) is 4.36. The average Bonchev–Trinajstić information content (AvgIpc) is 2.00. The van der Waals surface area contributed by atoms with Gasteiger partial charge < -0.3 is 10.1 Å². The molecule has 0 saturated carbocycles. The Balaban J connectivity index is 3.91. The lowest BCUT2D eigenvalue weighted by molar-refractivity contribution is -0.129. The highest BCUT2D eigenvalue weighted by atomic mass is 16.5. The Morgan fingerprint density at radius 3 is 2.08 bits per heavy atom. The molecule has 0 aliphatic carbocycles. The molecule has 0 aliphatic rings. The largest absolute Gasteiger partial charge is 0.375 e. The molecule has 2 atom stereocenters. The second-order valence-electron chi connectivity index (χ2n) is 3.29. The van der Waals surface area contributed by atoms with E-state index < -0.39 is 0 Å². The molecule has 0 aromatic rings. The van der Waals surface area contributed by atoms with Gasteiger partial charge in [-0.3, -0.25) is 4.79 Å². The summed E-state index contributed by atoms with van der Waals surface area (Å²) in [7, 11) is 1.64. The van der Waals surface area contributed by atoms with Gasteiger partial charge in [0.05, 0.1) is 18.1 Å². The number of hydrogen-bond donors (Lipinski definition) is 1. The van der Waals surface area contributed by atoms with Gasteiger partial charge in [0, 0.05) is 7.05 Å². The van der Waals surface area contributed by atoms with Crippen LogP contribution in [-0.2, 0) is 9.53 Å². The van der Waals surface area contributed by atoms with E-state index in [1.54, 1.807) is 7.05 Å². The molecular weight excluding hydrogens is 154 g/mol. The lowest BCUT2D eigenvalue weighted by Crippen LogP contribution is -2.34. The Hall–Kier alpha value is -0.570. The highest BCUT2D eigenvalue weighted by Gasteiger charge is 2.20. The summed E-state index contributed by atoms with van der Waals surface area (Å²) in [4.78, 5) is 11.1. The van der Waals surface area contributed by atoms with Crippen molar-refractivity contribution in [2.45, 2.75) is 39.9 Å². The third-order valence-electron chi connectivity index (χ3n) is 1.85. The van der Waals surface area contributed by atoms with Crippen LogP contribution in [0.15, 0.2) is 0 Å². The van der Waals surface area contributed by atoms with Gasteiger partial charge >= 0.3 is 0 Å². The summed E-state index contributed by atoms with van der Waals surface area (Å²) in [5.74, 6) is -0.0550. The summed E-state index contributed by atoms with van der Waals surface area (Å²) in [5.41, 5.74) is 0. The summed E-state index contributed by atoms with van der Waals surface area (Å²) in [6, 6.07) is 0. The smallest absolute Gasteiger partial charge is 0.225 e. The molecule has 0 fully saturated rings. The molecule has 12 heavy (non-hydrogen) atoms. The lowest BCUT2D eigenvalue weighted by atomic mass is 10.1. The molecular formula is C9H19NO2. The average molecular weight is 173 g/mol. The van der Waals surface area contributed by atoms with Crippen LogP contribution >= 0.6 is 0 Å². The van der Waals surface area contributed by atoms with Gasteiger partial charge in [-0.25, -0.2) is 0 Å². The minimum absolute atomic E-state index is 0.0232. The van der Waals surface area contributed by atoms with Crippen molar-refractivity contribution in [3.8, 4) is 0 Å². The van der Waals surface area contributed by atoms with Crippen molar-refractivity contribution in [1.29, 1.82) is 0 Å². The molecule has 1 N–H and O–H groups in total. The number of carbonyl (C=O) groups is 1. The monoisotopic (exact) mass is 173 g/mol. The zero-order valence-corrected chi connectivity index (χ0v) is 8.55. The van der Waals surface area contributed by atoms with Gasteiger partial charge in [-0.15, -0.1) is 0 Å². The van der Waals surface area contributed by atoms with Crippen molar-refractivity contribution in [3.63, 3.8) is 0 Å². The first-order chi connectivity index (χ1) is 5.49. The number of nitrogens with one attached hydrogen (secondary N) is 1. The van der Waals surface area contributed by atoms with E-state index in [2.05, 4.69) is 5.32 Å². The van der Waals surface area contributed by atoms with Gasteiger partial charge in [0.1, 0.15) is 0 Å². The SMILES string of the molecule is CNC(=O)[C@@H](C)[C@@H](C)OC(C)C. The maximum atomic E-state index is 11.1. The number of carbonyl (C=O) groups excluding carboxylic acids is 1. The van der Waals surface area contributed by atoms with Crippen molar-refractivity contribution in [2.75, 3.05) is 7.05 Å². The van der Waals surface area contributed by atoms with E-state index in [-0.39, 0.29) is 24.0 Å². The zero-order chi connectivity index (χ0) is 9.72. The number of hydrogen-bond acceptors (Lipinski definition) is 2. The van der Waals surface area contributed by atoms with E-state index in [1.807, 2.05) is 27.7 Å². The molecule has 3 nitrogen and oxygen atoms in total. The van der Waals surface area contributed by atoms with Crippen LogP contribution in [0.1, 0.15) is 27.7 Å². The number of amides is 1. The van der Waals surface area contributed by atoms with Gasteiger partial charge in [0.2, 0.25) is 5.91 Å². The minimum Gasteiger partial charge on any atom is -0.375 e. The maximum Gasteiger partial charge on any atom is 0.225 e. The van der Waals surface area contributed by atoms with E-state index in [1.165, 1.54) is 0 Å². The Kier molecular flexibility index (Phi) is 4.90. The Labute approximate surface area is 74.5 Å². The van der Waals surface area contributed by atoms with Crippen LogP contribution in [-0.4, -0.2) is 25.2 Å². The maximum absolute atomic E-state index is 11.1. The number of rotatable bonds is 4. The van der Waals surface area contributed by atoms with Gasteiger partial charge in [-0.1, -0.05) is 6.92 Å². The van der Waals surface area contributed by atoms with Crippen LogP contribution in [0.25, 0.3) is 0 Å². The molecule has 1 amide bonds. The predicted molar refractivity (Wildman–Crippen MR) is 48.9 cm³/mol. The van der Waals surface area contributed by atoms with Crippen molar-refractivity contribution in [2.24, 2.45) is 5.92 Å². The van der Waals surface area contributed by atoms with Crippen molar-refractivity contribution in [3.05, 3.63) is 0 Å². The molecule has 0 unspecified atom stereocenters. The normalized spacial score (nSPS) is 15.8. The third-order valence-corrected chi connectivity index (χ3v) is 1.85. The summed E-state index contributed by atoms with van der Waals surface area (Å²) in [6.07, 6.45) is 0.150. The van der Waals surface area contributed by atoms with Crippen molar-refractivity contribution in [1.82, 2.24) is 5.32 Å². The topological polar surface area (TPSA) is 38.3 Å². The quantitative estimate of drug-likeness (QED) is 0.693. The van der Waals surface area contributed by atoms with Gasteiger partial charge in [0.15, 0.2) is 0 Å². The summed E-state index contributed by atoms with van der Waals surface area (Å²) in [6.45, 7) is 7.71. The molecule has 0 bridgehead atoms. The molecule has 0 aromatic heterocycles. The van der Waals surface area contributed by atoms with Crippen LogP contribution in [0.4, 0.5) is 0 Å². The van der Waals surface area contributed by atoms with Gasteiger partial charge in [-0.05, 0) is 20.8 Å². The summed E-state index contributed by atoms with van der Waals surface area (Å²) in [5, 5.41) is 2.60. The van der Waals surface area contributed by atoms with Crippen LogP contribution < -0.4 is 5.32 Å². The van der Waals surface area contributed by atoms with Crippen LogP contribution in [0.5, 0.6) is 0 Å². The molecule has 3 heteroatoms. The highest BCUT2D eigenvalue weighted by Crippen LogP contribution is 2.08. The summed E-state index contributed by atoms with van der Waals surface area (Å²) >= 11 is 0. The second kappa shape index (κ2) is 5.14. The lowest BCUT2D eigenvalue weighted by Gasteiger charge is -2.21. The molecule has 0 rings (SSSR count). The summed E-state index contributed by atoms with van der Waals surface area (Å²) < 4.78 is 5.47. The molecule has 0 heterocycles. The fraction of sp³-hybridized carbons (Fsp3) is 0.889. The molecule has 0 radical (unpaired) electrons. The van der Waals surface area contributed by atoms with E-state index in [4.69, 9.17) is 4.74 Å².